The molecule has 0 bridgehead atoms. The summed E-state index contributed by atoms with van der Waals surface area (Å²) < 4.78 is 1.28. The van der Waals surface area contributed by atoms with E-state index in [1.807, 2.05) is 6.07 Å². The summed E-state index contributed by atoms with van der Waals surface area (Å²) in [5, 5.41) is 4.67. The zero-order valence-corrected chi connectivity index (χ0v) is 11.8. The molecule has 1 heterocycles. The van der Waals surface area contributed by atoms with Crippen LogP contribution in [-0.2, 0) is 0 Å². The molecule has 3 heteroatoms. The van der Waals surface area contributed by atoms with Crippen molar-refractivity contribution in [3.8, 4) is 0 Å². The van der Waals surface area contributed by atoms with Gasteiger partial charge in [-0.2, -0.15) is 0 Å². The second-order valence-electron chi connectivity index (χ2n) is 5.45. The monoisotopic (exact) mass is 260 g/mol. The van der Waals surface area contributed by atoms with Crippen LogP contribution in [0.5, 0.6) is 0 Å². The number of benzene rings is 1. The van der Waals surface area contributed by atoms with Crippen molar-refractivity contribution in [2.75, 3.05) is 5.32 Å². The molecule has 18 heavy (non-hydrogen) atoms. The second-order valence-corrected chi connectivity index (χ2v) is 6.48. The highest BCUT2D eigenvalue weighted by Crippen LogP contribution is 2.38. The summed E-state index contributed by atoms with van der Waals surface area (Å²) in [6.45, 7) is 4.66. The second kappa shape index (κ2) is 4.88. The molecule has 0 amide bonds. The number of aromatic nitrogens is 1. The van der Waals surface area contributed by atoms with Gasteiger partial charge < -0.3 is 5.32 Å². The molecule has 1 saturated carbocycles. The van der Waals surface area contributed by atoms with Gasteiger partial charge in [-0.1, -0.05) is 43.7 Å². The molecule has 1 aromatic heterocycles. The molecule has 0 spiro atoms. The first kappa shape index (κ1) is 12.0. The third-order valence-corrected chi connectivity index (χ3v) is 5.21. The number of rotatable bonds is 4. The summed E-state index contributed by atoms with van der Waals surface area (Å²) in [7, 11) is 0. The molecule has 2 nitrogen and oxygen atoms in total. The van der Waals surface area contributed by atoms with Gasteiger partial charge >= 0.3 is 0 Å². The van der Waals surface area contributed by atoms with Gasteiger partial charge in [0.1, 0.15) is 0 Å². The Morgan fingerprint density at radius 1 is 1.39 bits per heavy atom. The lowest BCUT2D eigenvalue weighted by molar-refractivity contribution is 0.195. The van der Waals surface area contributed by atoms with E-state index < -0.39 is 0 Å². The quantitative estimate of drug-likeness (QED) is 0.873. The van der Waals surface area contributed by atoms with E-state index in [0.717, 1.165) is 22.5 Å². The third kappa shape index (κ3) is 2.24. The lowest BCUT2D eigenvalue weighted by Crippen LogP contribution is -2.38. The van der Waals surface area contributed by atoms with E-state index in [2.05, 4.69) is 42.3 Å². The number of hydrogen-bond acceptors (Lipinski definition) is 3. The molecule has 1 unspecified atom stereocenters. The van der Waals surface area contributed by atoms with Crippen molar-refractivity contribution >= 4 is 26.7 Å². The van der Waals surface area contributed by atoms with Crippen LogP contribution in [0, 0.1) is 11.8 Å². The van der Waals surface area contributed by atoms with Crippen molar-refractivity contribution in [2.24, 2.45) is 11.8 Å². The third-order valence-electron chi connectivity index (χ3n) is 4.24. The van der Waals surface area contributed by atoms with Gasteiger partial charge in [0.15, 0.2) is 5.13 Å². The van der Waals surface area contributed by atoms with Gasteiger partial charge in [0, 0.05) is 6.04 Å². The van der Waals surface area contributed by atoms with Crippen LogP contribution in [0.1, 0.15) is 33.1 Å². The van der Waals surface area contributed by atoms with E-state index >= 15 is 0 Å². The molecule has 1 fully saturated rings. The predicted octanol–water partition coefficient (Wildman–Crippen LogP) is 4.53. The number of thiazole rings is 1. The number of hydrogen-bond donors (Lipinski definition) is 1. The number of para-hydroxylation sites is 1. The Morgan fingerprint density at radius 3 is 2.89 bits per heavy atom. The molecule has 0 saturated heterocycles. The first-order chi connectivity index (χ1) is 8.76. The maximum absolute atomic E-state index is 4.63. The minimum absolute atomic E-state index is 0.643. The Bertz CT molecular complexity index is 495. The van der Waals surface area contributed by atoms with E-state index in [1.165, 1.54) is 24.0 Å². The summed E-state index contributed by atoms with van der Waals surface area (Å²) in [5.74, 6) is 1.79. The Balaban J connectivity index is 1.61. The van der Waals surface area contributed by atoms with Crippen LogP contribution in [0.15, 0.2) is 24.3 Å². The zero-order valence-electron chi connectivity index (χ0n) is 11.0. The van der Waals surface area contributed by atoms with Crippen LogP contribution in [0.25, 0.3) is 10.2 Å². The first-order valence-corrected chi connectivity index (χ1v) is 7.70. The van der Waals surface area contributed by atoms with Gasteiger partial charge in [-0.05, 0) is 36.8 Å². The molecular formula is C15H20N2S. The molecule has 1 aromatic carbocycles. The van der Waals surface area contributed by atoms with E-state index in [4.69, 9.17) is 0 Å². The van der Waals surface area contributed by atoms with E-state index in [-0.39, 0.29) is 0 Å². The molecule has 3 rings (SSSR count). The molecule has 0 aliphatic heterocycles. The van der Waals surface area contributed by atoms with Crippen molar-refractivity contribution in [3.05, 3.63) is 24.3 Å². The number of nitrogens with one attached hydrogen (secondary N) is 1. The van der Waals surface area contributed by atoms with Gasteiger partial charge in [-0.3, -0.25) is 0 Å². The Labute approximate surface area is 112 Å². The van der Waals surface area contributed by atoms with Gasteiger partial charge in [-0.25, -0.2) is 4.98 Å². The van der Waals surface area contributed by atoms with Crippen molar-refractivity contribution in [1.29, 1.82) is 0 Å². The fourth-order valence-electron chi connectivity index (χ4n) is 2.69. The van der Waals surface area contributed by atoms with Crippen molar-refractivity contribution in [3.63, 3.8) is 0 Å². The molecule has 2 aromatic rings. The highest BCUT2D eigenvalue weighted by atomic mass is 32.1. The van der Waals surface area contributed by atoms with Crippen LogP contribution < -0.4 is 5.32 Å². The van der Waals surface area contributed by atoms with Gasteiger partial charge in [0.05, 0.1) is 10.2 Å². The van der Waals surface area contributed by atoms with Gasteiger partial charge in [0.2, 0.25) is 0 Å². The minimum atomic E-state index is 0.643. The van der Waals surface area contributed by atoms with Gasteiger partial charge in [-0.15, -0.1) is 0 Å². The maximum atomic E-state index is 4.63. The van der Waals surface area contributed by atoms with Crippen LogP contribution in [-0.4, -0.2) is 11.0 Å². The van der Waals surface area contributed by atoms with Crippen LogP contribution >= 0.6 is 11.3 Å². The average Bonchev–Trinajstić information content (AvgIpc) is 2.74. The normalized spacial score (nSPS) is 24.8. The highest BCUT2D eigenvalue weighted by molar-refractivity contribution is 7.22. The highest BCUT2D eigenvalue weighted by Gasteiger charge is 2.32. The largest absolute Gasteiger partial charge is 0.359 e. The number of nitrogens with zero attached hydrogens (tertiary/aromatic N) is 1. The maximum Gasteiger partial charge on any atom is 0.184 e. The molecule has 96 valence electrons. The van der Waals surface area contributed by atoms with Crippen LogP contribution in [0.2, 0.25) is 0 Å². The standard InChI is InChI=1S/C15H20N2S/c1-3-10(2)11-8-12(9-11)16-15-17-13-6-4-5-7-14(13)18-15/h4-7,10-12H,3,8-9H2,1-2H3,(H,16,17). The lowest BCUT2D eigenvalue weighted by Gasteiger charge is -2.39. The fraction of sp³-hybridized carbons (Fsp3) is 0.533. The van der Waals surface area contributed by atoms with E-state index in [0.29, 0.717) is 6.04 Å². The summed E-state index contributed by atoms with van der Waals surface area (Å²) in [5.41, 5.74) is 1.11. The number of fused-ring (bicyclic) bond motifs is 1. The molecule has 1 atom stereocenters. The molecule has 1 N–H and O–H groups in total. The topological polar surface area (TPSA) is 24.9 Å². The summed E-state index contributed by atoms with van der Waals surface area (Å²) in [6, 6.07) is 8.99. The minimum Gasteiger partial charge on any atom is -0.359 e. The summed E-state index contributed by atoms with van der Waals surface area (Å²) >= 11 is 1.77. The molecule has 1 aliphatic rings. The Kier molecular flexibility index (Phi) is 3.25. The molecule has 1 aliphatic carbocycles. The van der Waals surface area contributed by atoms with Crippen molar-refractivity contribution in [1.82, 2.24) is 4.98 Å². The van der Waals surface area contributed by atoms with Gasteiger partial charge in [0.25, 0.3) is 0 Å². The van der Waals surface area contributed by atoms with Crippen molar-refractivity contribution < 1.29 is 0 Å². The van der Waals surface area contributed by atoms with Crippen LogP contribution in [0.4, 0.5) is 5.13 Å². The first-order valence-electron chi connectivity index (χ1n) is 6.88. The smallest absolute Gasteiger partial charge is 0.184 e. The number of anilines is 1. The Morgan fingerprint density at radius 2 is 2.17 bits per heavy atom. The van der Waals surface area contributed by atoms with E-state index in [9.17, 15) is 0 Å². The van der Waals surface area contributed by atoms with Crippen LogP contribution in [0.3, 0.4) is 0 Å². The molecule has 0 radical (unpaired) electrons. The summed E-state index contributed by atoms with van der Waals surface area (Å²) in [6.07, 6.45) is 3.92. The summed E-state index contributed by atoms with van der Waals surface area (Å²) in [4.78, 5) is 4.63. The SMILES string of the molecule is CCC(C)C1CC(Nc2nc3ccccc3s2)C1. The Hall–Kier alpha value is -1.09. The zero-order chi connectivity index (χ0) is 12.5. The van der Waals surface area contributed by atoms with E-state index in [1.54, 1.807) is 11.3 Å². The fourth-order valence-corrected chi connectivity index (χ4v) is 3.63. The predicted molar refractivity (Wildman–Crippen MR) is 79.2 cm³/mol. The molecular weight excluding hydrogens is 240 g/mol. The lowest BCUT2D eigenvalue weighted by atomic mass is 9.72. The van der Waals surface area contributed by atoms with Crippen molar-refractivity contribution in [2.45, 2.75) is 39.2 Å². The average molecular weight is 260 g/mol.